The van der Waals surface area contributed by atoms with E-state index in [9.17, 15) is 28.4 Å². The Morgan fingerprint density at radius 3 is 2.69 bits per heavy atom. The van der Waals surface area contributed by atoms with E-state index in [4.69, 9.17) is 15.5 Å². The minimum Gasteiger partial charge on any atom is -0.491 e. The van der Waals surface area contributed by atoms with Gasteiger partial charge in [0, 0.05) is 24.4 Å². The van der Waals surface area contributed by atoms with E-state index in [1.165, 1.54) is 11.0 Å². The number of carbonyl (C=O) groups excluding carboxylic acids is 3. The number of alkyl halides is 1. The van der Waals surface area contributed by atoms with Crippen LogP contribution in [0.2, 0.25) is 0 Å². The Bertz CT molecular complexity index is 1670. The number of nitrogens with zero attached hydrogens (tertiary/aromatic N) is 6. The van der Waals surface area contributed by atoms with Crippen molar-refractivity contribution >= 4 is 35.0 Å². The van der Waals surface area contributed by atoms with Gasteiger partial charge in [-0.25, -0.2) is 23.5 Å². The number of imide groups is 1. The van der Waals surface area contributed by atoms with E-state index >= 15 is 0 Å². The van der Waals surface area contributed by atoms with E-state index in [1.807, 2.05) is 10.6 Å². The number of ether oxygens (including phenoxy) is 1. The van der Waals surface area contributed by atoms with Gasteiger partial charge in [-0.05, 0) is 36.2 Å². The zero-order valence-electron chi connectivity index (χ0n) is 22.8. The topological polar surface area (TPSA) is 138 Å². The predicted molar refractivity (Wildman–Crippen MR) is 148 cm³/mol. The summed E-state index contributed by atoms with van der Waals surface area (Å²) in [6.45, 7) is 4.27. The summed E-state index contributed by atoms with van der Waals surface area (Å²) in [4.78, 5) is 47.8. The van der Waals surface area contributed by atoms with Crippen molar-refractivity contribution in [2.45, 2.75) is 45.1 Å². The number of benzene rings is 2. The first-order valence-corrected chi connectivity index (χ1v) is 13.5. The number of aromatic nitrogens is 2. The molecule has 2 fully saturated rings. The van der Waals surface area contributed by atoms with Crippen LogP contribution in [0.25, 0.3) is 11.4 Å². The number of anilines is 3. The smallest absolute Gasteiger partial charge is 0.337 e. The molecule has 0 saturated carbocycles. The molecule has 6 rings (SSSR count). The number of rotatable bonds is 5. The maximum atomic E-state index is 14.3. The molecule has 0 aliphatic carbocycles. The molecule has 3 atom stereocenters. The van der Waals surface area contributed by atoms with Crippen molar-refractivity contribution in [2.24, 2.45) is 11.7 Å². The molecule has 0 bridgehead atoms. The number of imidazole rings is 1. The molecule has 13 heteroatoms. The molecule has 42 heavy (non-hydrogen) atoms. The van der Waals surface area contributed by atoms with Crippen molar-refractivity contribution in [1.82, 2.24) is 9.55 Å². The standard InChI is InChI=1S/C29H27F2N7O4/c1-15(2)25-28(40)37(20-8-16(12-32)7-17(30)9-20)29(41)38(25)24-14-35-5-6-42-23-11-19(3-4-21(23)27(35)34-24)36-13-18(31)10-22(36)26(33)39/h3-4,7-9,11,14-15,18,22,25H,5-6,10,13H2,1-2H3,(H2,33,39)/t18?,22-,25?/m0/s1. The van der Waals surface area contributed by atoms with E-state index < -0.39 is 41.9 Å². The fourth-order valence-electron chi connectivity index (χ4n) is 5.88. The number of hydrogen-bond donors (Lipinski definition) is 1. The first-order valence-electron chi connectivity index (χ1n) is 13.5. The number of urea groups is 1. The molecule has 2 aromatic carbocycles. The summed E-state index contributed by atoms with van der Waals surface area (Å²) >= 11 is 0. The third-order valence-corrected chi connectivity index (χ3v) is 7.77. The molecular weight excluding hydrogens is 548 g/mol. The molecule has 3 aliphatic rings. The maximum Gasteiger partial charge on any atom is 0.337 e. The number of hydrogen-bond acceptors (Lipinski definition) is 7. The number of amides is 4. The average molecular weight is 576 g/mol. The van der Waals surface area contributed by atoms with Crippen LogP contribution in [0.15, 0.2) is 42.6 Å². The molecule has 3 aliphatic heterocycles. The molecule has 2 saturated heterocycles. The highest BCUT2D eigenvalue weighted by atomic mass is 19.1. The number of nitrogens with two attached hydrogens (primary N) is 1. The molecular formula is C29H27F2N7O4. The van der Waals surface area contributed by atoms with Crippen LogP contribution in [-0.4, -0.2) is 58.8 Å². The number of carbonyl (C=O) groups is 3. The van der Waals surface area contributed by atoms with Crippen LogP contribution in [0.1, 0.15) is 25.8 Å². The van der Waals surface area contributed by atoms with Gasteiger partial charge in [-0.3, -0.25) is 14.5 Å². The largest absolute Gasteiger partial charge is 0.491 e. The normalized spacial score (nSPS) is 21.7. The average Bonchev–Trinajstić information content (AvgIpc) is 3.58. The van der Waals surface area contributed by atoms with Gasteiger partial charge >= 0.3 is 6.03 Å². The highest BCUT2D eigenvalue weighted by Crippen LogP contribution is 2.40. The number of nitriles is 1. The molecule has 0 spiro atoms. The van der Waals surface area contributed by atoms with Crippen molar-refractivity contribution in [1.29, 1.82) is 5.26 Å². The molecule has 0 radical (unpaired) electrons. The van der Waals surface area contributed by atoms with E-state index in [-0.39, 0.29) is 42.6 Å². The Balaban J connectivity index is 1.38. The lowest BCUT2D eigenvalue weighted by Crippen LogP contribution is -2.40. The van der Waals surface area contributed by atoms with Gasteiger partial charge in [-0.15, -0.1) is 0 Å². The molecule has 216 valence electrons. The van der Waals surface area contributed by atoms with Crippen LogP contribution < -0.4 is 25.2 Å². The highest BCUT2D eigenvalue weighted by molar-refractivity contribution is 6.28. The van der Waals surface area contributed by atoms with Crippen molar-refractivity contribution in [3.8, 4) is 23.2 Å². The SMILES string of the molecule is CC(C)C1C(=O)N(c2cc(F)cc(C#N)c2)C(=O)N1c1cn2c(n1)-c1ccc(N3CC(F)C[C@H]3C(N)=O)cc1OCC2. The van der Waals surface area contributed by atoms with Gasteiger partial charge in [0.25, 0.3) is 5.91 Å². The predicted octanol–water partition coefficient (Wildman–Crippen LogP) is 3.35. The Morgan fingerprint density at radius 2 is 1.98 bits per heavy atom. The second kappa shape index (κ2) is 10.1. The Morgan fingerprint density at radius 1 is 1.19 bits per heavy atom. The summed E-state index contributed by atoms with van der Waals surface area (Å²) < 4.78 is 36.2. The second-order valence-corrected chi connectivity index (χ2v) is 10.9. The summed E-state index contributed by atoms with van der Waals surface area (Å²) in [7, 11) is 0. The lowest BCUT2D eigenvalue weighted by atomic mass is 10.0. The van der Waals surface area contributed by atoms with Gasteiger partial charge in [-0.2, -0.15) is 5.26 Å². The van der Waals surface area contributed by atoms with Crippen LogP contribution in [0, 0.1) is 23.1 Å². The van der Waals surface area contributed by atoms with E-state index in [2.05, 4.69) is 0 Å². The Kier molecular flexibility index (Phi) is 6.56. The maximum absolute atomic E-state index is 14.3. The van der Waals surface area contributed by atoms with Crippen molar-refractivity contribution in [3.63, 3.8) is 0 Å². The van der Waals surface area contributed by atoms with E-state index in [0.29, 0.717) is 29.4 Å². The van der Waals surface area contributed by atoms with Gasteiger partial charge in [0.1, 0.15) is 42.3 Å². The molecule has 1 aromatic heterocycles. The Labute approximate surface area is 239 Å². The van der Waals surface area contributed by atoms with E-state index in [1.54, 1.807) is 43.1 Å². The van der Waals surface area contributed by atoms with Gasteiger partial charge in [-0.1, -0.05) is 13.8 Å². The second-order valence-electron chi connectivity index (χ2n) is 10.9. The van der Waals surface area contributed by atoms with Crippen molar-refractivity contribution in [3.05, 3.63) is 54.0 Å². The summed E-state index contributed by atoms with van der Waals surface area (Å²) in [6.07, 6.45) is 0.497. The third-order valence-electron chi connectivity index (χ3n) is 7.77. The van der Waals surface area contributed by atoms with Gasteiger partial charge in [0.05, 0.1) is 36.0 Å². The molecule has 4 amide bonds. The minimum absolute atomic E-state index is 0.0190. The third kappa shape index (κ3) is 4.39. The number of fused-ring (bicyclic) bond motifs is 3. The monoisotopic (exact) mass is 575 g/mol. The molecule has 3 aromatic rings. The fraction of sp³-hybridized carbons (Fsp3) is 0.345. The summed E-state index contributed by atoms with van der Waals surface area (Å²) in [5, 5.41) is 9.28. The fourth-order valence-corrected chi connectivity index (χ4v) is 5.88. The highest BCUT2D eigenvalue weighted by Gasteiger charge is 2.49. The van der Waals surface area contributed by atoms with Gasteiger partial charge in [0.2, 0.25) is 5.91 Å². The van der Waals surface area contributed by atoms with Crippen LogP contribution in [0.4, 0.5) is 30.8 Å². The number of primary amides is 1. The summed E-state index contributed by atoms with van der Waals surface area (Å²) in [5.41, 5.74) is 6.65. The van der Waals surface area contributed by atoms with Crippen molar-refractivity contribution in [2.75, 3.05) is 27.9 Å². The van der Waals surface area contributed by atoms with Crippen LogP contribution in [0.3, 0.4) is 0 Å². The zero-order valence-corrected chi connectivity index (χ0v) is 22.8. The molecule has 2 unspecified atom stereocenters. The quantitative estimate of drug-likeness (QED) is 0.461. The lowest BCUT2D eigenvalue weighted by Gasteiger charge is -2.25. The van der Waals surface area contributed by atoms with Crippen molar-refractivity contribution < 1.29 is 27.9 Å². The van der Waals surface area contributed by atoms with E-state index in [0.717, 1.165) is 17.0 Å². The molecule has 11 nitrogen and oxygen atoms in total. The van der Waals surface area contributed by atoms with Crippen LogP contribution in [-0.2, 0) is 16.1 Å². The summed E-state index contributed by atoms with van der Waals surface area (Å²) in [5.74, 6) is -1.04. The van der Waals surface area contributed by atoms with Crippen LogP contribution in [0.5, 0.6) is 5.75 Å². The van der Waals surface area contributed by atoms with Crippen LogP contribution >= 0.6 is 0 Å². The first kappa shape index (κ1) is 27.2. The zero-order chi connectivity index (χ0) is 29.9. The molecule has 4 heterocycles. The molecule has 2 N–H and O–H groups in total. The summed E-state index contributed by atoms with van der Waals surface area (Å²) in [6, 6.07) is 8.01. The Hall–Kier alpha value is -4.99. The van der Waals surface area contributed by atoms with Gasteiger partial charge in [0.15, 0.2) is 5.82 Å². The number of halogens is 2. The lowest BCUT2D eigenvalue weighted by molar-refractivity contribution is -0.119. The van der Waals surface area contributed by atoms with Gasteiger partial charge < -0.3 is 19.9 Å². The first-order chi connectivity index (χ1) is 20.1. The minimum atomic E-state index is -1.18.